The molecular weight excluding hydrogens is 316 g/mol. The standard InChI is InChI=1S/C19H22N4O2/c1-24-18-7-5-15(6-8-18)12-22-13-16(10-20-22)17-11-21-23(14-17)19-4-2-3-9-25-19/h5-8,10-11,13-14,19H,2-4,9,12H2,1H3/t19-/m1/s1. The molecule has 130 valence electrons. The molecule has 0 N–H and O–H groups in total. The first kappa shape index (κ1) is 15.9. The van der Waals surface area contributed by atoms with E-state index in [0.29, 0.717) is 0 Å². The third-order valence-electron chi connectivity index (χ3n) is 4.52. The lowest BCUT2D eigenvalue weighted by atomic mass is 10.2. The van der Waals surface area contributed by atoms with Crippen molar-refractivity contribution in [1.82, 2.24) is 19.6 Å². The van der Waals surface area contributed by atoms with Gasteiger partial charge in [0.2, 0.25) is 0 Å². The highest BCUT2D eigenvalue weighted by Gasteiger charge is 2.17. The minimum absolute atomic E-state index is 0.0665. The Balaban J connectivity index is 1.46. The Kier molecular flexibility index (Phi) is 4.52. The van der Waals surface area contributed by atoms with Crippen LogP contribution in [0.5, 0.6) is 5.75 Å². The topological polar surface area (TPSA) is 54.1 Å². The molecule has 4 rings (SSSR count). The van der Waals surface area contributed by atoms with Crippen molar-refractivity contribution in [3.63, 3.8) is 0 Å². The second kappa shape index (κ2) is 7.11. The summed E-state index contributed by atoms with van der Waals surface area (Å²) in [6.07, 6.45) is 11.3. The maximum atomic E-state index is 5.79. The van der Waals surface area contributed by atoms with Gasteiger partial charge in [0.05, 0.1) is 26.0 Å². The van der Waals surface area contributed by atoms with Gasteiger partial charge in [-0.2, -0.15) is 10.2 Å². The molecule has 0 saturated carbocycles. The number of benzene rings is 1. The Labute approximate surface area is 147 Å². The monoisotopic (exact) mass is 338 g/mol. The Bertz CT molecular complexity index is 816. The fraction of sp³-hybridized carbons (Fsp3) is 0.368. The largest absolute Gasteiger partial charge is 0.497 e. The van der Waals surface area contributed by atoms with Crippen molar-refractivity contribution in [3.8, 4) is 16.9 Å². The summed E-state index contributed by atoms with van der Waals surface area (Å²) in [5, 5.41) is 8.94. The van der Waals surface area contributed by atoms with Crippen LogP contribution in [-0.2, 0) is 11.3 Å². The molecule has 0 unspecified atom stereocenters. The first-order chi connectivity index (χ1) is 12.3. The van der Waals surface area contributed by atoms with E-state index in [1.54, 1.807) is 7.11 Å². The van der Waals surface area contributed by atoms with E-state index in [2.05, 4.69) is 22.3 Å². The lowest BCUT2D eigenvalue weighted by Gasteiger charge is -2.22. The summed E-state index contributed by atoms with van der Waals surface area (Å²) in [4.78, 5) is 0. The molecule has 1 aromatic carbocycles. The zero-order valence-electron chi connectivity index (χ0n) is 14.3. The van der Waals surface area contributed by atoms with Crippen LogP contribution in [0.25, 0.3) is 11.1 Å². The summed E-state index contributed by atoms with van der Waals surface area (Å²) in [7, 11) is 1.67. The zero-order valence-corrected chi connectivity index (χ0v) is 14.3. The first-order valence-corrected chi connectivity index (χ1v) is 8.63. The van der Waals surface area contributed by atoms with Crippen molar-refractivity contribution >= 4 is 0 Å². The molecule has 0 spiro atoms. The number of nitrogens with zero attached hydrogens (tertiary/aromatic N) is 4. The fourth-order valence-corrected chi connectivity index (χ4v) is 3.09. The van der Waals surface area contributed by atoms with E-state index < -0.39 is 0 Å². The SMILES string of the molecule is COc1ccc(Cn2cc(-c3cnn([C@H]4CCCCO4)c3)cn2)cc1. The van der Waals surface area contributed by atoms with Crippen molar-refractivity contribution in [2.45, 2.75) is 32.0 Å². The van der Waals surface area contributed by atoms with Crippen molar-refractivity contribution in [1.29, 1.82) is 0 Å². The van der Waals surface area contributed by atoms with Gasteiger partial charge >= 0.3 is 0 Å². The van der Waals surface area contributed by atoms with Gasteiger partial charge in [-0.3, -0.25) is 4.68 Å². The molecule has 1 aliphatic heterocycles. The fourth-order valence-electron chi connectivity index (χ4n) is 3.09. The summed E-state index contributed by atoms with van der Waals surface area (Å²) < 4.78 is 14.8. The smallest absolute Gasteiger partial charge is 0.150 e. The minimum atomic E-state index is 0.0665. The number of hydrogen-bond acceptors (Lipinski definition) is 4. The number of methoxy groups -OCH3 is 1. The molecule has 1 atom stereocenters. The number of rotatable bonds is 5. The maximum Gasteiger partial charge on any atom is 0.150 e. The molecule has 1 fully saturated rings. The highest BCUT2D eigenvalue weighted by molar-refractivity contribution is 5.59. The van der Waals surface area contributed by atoms with Crippen LogP contribution in [0.3, 0.4) is 0 Å². The molecule has 1 aliphatic rings. The second-order valence-electron chi connectivity index (χ2n) is 6.30. The molecule has 25 heavy (non-hydrogen) atoms. The van der Waals surface area contributed by atoms with Gasteiger partial charge in [0.25, 0.3) is 0 Å². The van der Waals surface area contributed by atoms with Gasteiger partial charge in [-0.15, -0.1) is 0 Å². The van der Waals surface area contributed by atoms with E-state index in [4.69, 9.17) is 9.47 Å². The van der Waals surface area contributed by atoms with E-state index in [9.17, 15) is 0 Å². The summed E-state index contributed by atoms with van der Waals surface area (Å²) in [5.74, 6) is 0.863. The quantitative estimate of drug-likeness (QED) is 0.714. The van der Waals surface area contributed by atoms with E-state index in [1.165, 1.54) is 12.0 Å². The maximum absolute atomic E-state index is 5.79. The van der Waals surface area contributed by atoms with E-state index in [-0.39, 0.29) is 6.23 Å². The summed E-state index contributed by atoms with van der Waals surface area (Å²) in [6, 6.07) is 8.04. The Hall–Kier alpha value is -2.60. The number of ether oxygens (including phenoxy) is 2. The van der Waals surface area contributed by atoms with Crippen LogP contribution in [0.4, 0.5) is 0 Å². The van der Waals surface area contributed by atoms with Gasteiger partial charge in [0, 0.05) is 30.1 Å². The Morgan fingerprint density at radius 1 is 1.08 bits per heavy atom. The lowest BCUT2D eigenvalue weighted by Crippen LogP contribution is -2.18. The third kappa shape index (κ3) is 3.58. The van der Waals surface area contributed by atoms with E-state index >= 15 is 0 Å². The molecule has 0 bridgehead atoms. The van der Waals surface area contributed by atoms with Crippen molar-refractivity contribution in [3.05, 3.63) is 54.6 Å². The van der Waals surface area contributed by atoms with Gasteiger partial charge in [-0.25, -0.2) is 4.68 Å². The Morgan fingerprint density at radius 2 is 1.88 bits per heavy atom. The van der Waals surface area contributed by atoms with Gasteiger partial charge in [-0.05, 0) is 37.0 Å². The lowest BCUT2D eigenvalue weighted by molar-refractivity contribution is -0.0394. The van der Waals surface area contributed by atoms with Crippen LogP contribution < -0.4 is 4.74 Å². The highest BCUT2D eigenvalue weighted by Crippen LogP contribution is 2.25. The molecule has 0 amide bonds. The molecular formula is C19H22N4O2. The predicted molar refractivity (Wildman–Crippen MR) is 94.4 cm³/mol. The van der Waals surface area contributed by atoms with Crippen LogP contribution in [0.15, 0.2) is 49.1 Å². The zero-order chi connectivity index (χ0) is 17.1. The van der Waals surface area contributed by atoms with Crippen molar-refractivity contribution in [2.24, 2.45) is 0 Å². The van der Waals surface area contributed by atoms with Crippen LogP contribution in [0.1, 0.15) is 31.1 Å². The summed E-state index contributed by atoms with van der Waals surface area (Å²) >= 11 is 0. The van der Waals surface area contributed by atoms with Crippen LogP contribution in [0, 0.1) is 0 Å². The van der Waals surface area contributed by atoms with Gasteiger partial charge in [0.1, 0.15) is 12.0 Å². The van der Waals surface area contributed by atoms with E-state index in [0.717, 1.165) is 42.9 Å². The average Bonchev–Trinajstić information content (AvgIpc) is 3.32. The molecule has 6 nitrogen and oxygen atoms in total. The summed E-state index contributed by atoms with van der Waals surface area (Å²) in [6.45, 7) is 1.55. The average molecular weight is 338 g/mol. The molecule has 1 saturated heterocycles. The minimum Gasteiger partial charge on any atom is -0.497 e. The van der Waals surface area contributed by atoms with Gasteiger partial charge < -0.3 is 9.47 Å². The second-order valence-corrected chi connectivity index (χ2v) is 6.30. The predicted octanol–water partition coefficient (Wildman–Crippen LogP) is 3.50. The van der Waals surface area contributed by atoms with Crippen LogP contribution >= 0.6 is 0 Å². The molecule has 6 heteroatoms. The van der Waals surface area contributed by atoms with Crippen LogP contribution in [-0.4, -0.2) is 33.3 Å². The molecule has 3 aromatic rings. The summed E-state index contributed by atoms with van der Waals surface area (Å²) in [5.41, 5.74) is 3.31. The van der Waals surface area contributed by atoms with Crippen LogP contribution in [0.2, 0.25) is 0 Å². The van der Waals surface area contributed by atoms with Crippen molar-refractivity contribution in [2.75, 3.05) is 13.7 Å². The normalized spacial score (nSPS) is 17.6. The molecule has 0 aliphatic carbocycles. The molecule has 3 heterocycles. The Morgan fingerprint density at radius 3 is 2.64 bits per heavy atom. The third-order valence-corrected chi connectivity index (χ3v) is 4.52. The van der Waals surface area contributed by atoms with Gasteiger partial charge in [0.15, 0.2) is 0 Å². The number of hydrogen-bond donors (Lipinski definition) is 0. The number of aromatic nitrogens is 4. The van der Waals surface area contributed by atoms with E-state index in [1.807, 2.05) is 46.3 Å². The first-order valence-electron chi connectivity index (χ1n) is 8.63. The molecule has 0 radical (unpaired) electrons. The molecule has 2 aromatic heterocycles. The highest BCUT2D eigenvalue weighted by atomic mass is 16.5. The van der Waals surface area contributed by atoms with Gasteiger partial charge in [-0.1, -0.05) is 12.1 Å². The van der Waals surface area contributed by atoms with Crippen molar-refractivity contribution < 1.29 is 9.47 Å².